The zero-order valence-electron chi connectivity index (χ0n) is 12.8. The number of carboxylic acid groups (broad SMARTS) is 1. The SMILES string of the molecule is COc1ccc(CCC(=O)NC2CC(C(=O)O)C2)cc1OC. The molecule has 120 valence electrons. The monoisotopic (exact) mass is 307 g/mol. The average Bonchev–Trinajstić information content (AvgIpc) is 2.47. The Morgan fingerprint density at radius 2 is 1.91 bits per heavy atom. The third-order valence-electron chi connectivity index (χ3n) is 3.94. The van der Waals surface area contributed by atoms with E-state index in [2.05, 4.69) is 5.32 Å². The van der Waals surface area contributed by atoms with E-state index in [1.54, 1.807) is 14.2 Å². The number of carbonyl (C=O) groups is 2. The van der Waals surface area contributed by atoms with Crippen LogP contribution in [0.3, 0.4) is 0 Å². The van der Waals surface area contributed by atoms with Crippen molar-refractivity contribution in [1.29, 1.82) is 0 Å². The molecule has 1 aromatic carbocycles. The lowest BCUT2D eigenvalue weighted by molar-refractivity contribution is -0.146. The van der Waals surface area contributed by atoms with Crippen LogP contribution >= 0.6 is 0 Å². The summed E-state index contributed by atoms with van der Waals surface area (Å²) in [4.78, 5) is 22.6. The Labute approximate surface area is 129 Å². The molecule has 0 heterocycles. The molecule has 1 aliphatic rings. The number of amides is 1. The number of methoxy groups -OCH3 is 2. The number of hydrogen-bond donors (Lipinski definition) is 2. The first-order valence-electron chi connectivity index (χ1n) is 7.26. The minimum Gasteiger partial charge on any atom is -0.493 e. The van der Waals surface area contributed by atoms with Crippen molar-refractivity contribution in [3.05, 3.63) is 23.8 Å². The fourth-order valence-corrected chi connectivity index (χ4v) is 2.53. The Bertz CT molecular complexity index is 551. The molecule has 2 rings (SSSR count). The number of carbonyl (C=O) groups excluding carboxylic acids is 1. The quantitative estimate of drug-likeness (QED) is 0.799. The summed E-state index contributed by atoms with van der Waals surface area (Å²) in [7, 11) is 3.15. The predicted molar refractivity (Wildman–Crippen MR) is 80.2 cm³/mol. The maximum absolute atomic E-state index is 11.9. The van der Waals surface area contributed by atoms with Gasteiger partial charge < -0.3 is 19.9 Å². The lowest BCUT2D eigenvalue weighted by atomic mass is 9.80. The van der Waals surface area contributed by atoms with Gasteiger partial charge in [-0.2, -0.15) is 0 Å². The minimum absolute atomic E-state index is 0.000923. The maximum atomic E-state index is 11.9. The van der Waals surface area contributed by atoms with Crippen molar-refractivity contribution in [2.24, 2.45) is 5.92 Å². The molecule has 2 N–H and O–H groups in total. The maximum Gasteiger partial charge on any atom is 0.306 e. The zero-order chi connectivity index (χ0) is 16.1. The van der Waals surface area contributed by atoms with Gasteiger partial charge in [0.25, 0.3) is 0 Å². The van der Waals surface area contributed by atoms with E-state index in [4.69, 9.17) is 14.6 Å². The molecule has 6 heteroatoms. The summed E-state index contributed by atoms with van der Waals surface area (Å²) >= 11 is 0. The third-order valence-corrected chi connectivity index (χ3v) is 3.94. The van der Waals surface area contributed by atoms with E-state index in [1.165, 1.54) is 0 Å². The normalized spacial score (nSPS) is 19.9. The number of ether oxygens (including phenoxy) is 2. The van der Waals surface area contributed by atoms with Gasteiger partial charge in [0.2, 0.25) is 5.91 Å². The van der Waals surface area contributed by atoms with E-state index in [0.29, 0.717) is 37.2 Å². The van der Waals surface area contributed by atoms with Crippen molar-refractivity contribution in [2.45, 2.75) is 31.7 Å². The van der Waals surface area contributed by atoms with Gasteiger partial charge in [-0.15, -0.1) is 0 Å². The van der Waals surface area contributed by atoms with Gasteiger partial charge in [0.15, 0.2) is 11.5 Å². The molecule has 0 unspecified atom stereocenters. The minimum atomic E-state index is -0.782. The highest BCUT2D eigenvalue weighted by Crippen LogP contribution is 2.29. The number of carboxylic acids is 1. The Kier molecular flexibility index (Phi) is 5.25. The summed E-state index contributed by atoms with van der Waals surface area (Å²) in [5.41, 5.74) is 0.991. The molecule has 1 aromatic rings. The standard InChI is InChI=1S/C16H21NO5/c1-21-13-5-3-10(7-14(13)22-2)4-6-15(18)17-12-8-11(9-12)16(19)20/h3,5,7,11-12H,4,6,8-9H2,1-2H3,(H,17,18)(H,19,20). The molecule has 1 fully saturated rings. The molecular weight excluding hydrogens is 286 g/mol. The van der Waals surface area contributed by atoms with Gasteiger partial charge in [0.1, 0.15) is 0 Å². The first-order chi connectivity index (χ1) is 10.5. The Morgan fingerprint density at radius 1 is 1.23 bits per heavy atom. The number of aliphatic carboxylic acids is 1. The molecule has 0 bridgehead atoms. The number of hydrogen-bond acceptors (Lipinski definition) is 4. The van der Waals surface area contributed by atoms with Crippen molar-refractivity contribution in [2.75, 3.05) is 14.2 Å². The molecule has 0 radical (unpaired) electrons. The zero-order valence-corrected chi connectivity index (χ0v) is 12.8. The van der Waals surface area contributed by atoms with E-state index in [9.17, 15) is 9.59 Å². The molecule has 0 spiro atoms. The van der Waals surface area contributed by atoms with E-state index >= 15 is 0 Å². The van der Waals surface area contributed by atoms with Crippen LogP contribution in [0.15, 0.2) is 18.2 Å². The van der Waals surface area contributed by atoms with Gasteiger partial charge in [-0.1, -0.05) is 6.07 Å². The van der Waals surface area contributed by atoms with Crippen molar-refractivity contribution in [1.82, 2.24) is 5.32 Å². The van der Waals surface area contributed by atoms with E-state index in [-0.39, 0.29) is 17.9 Å². The van der Waals surface area contributed by atoms with Crippen molar-refractivity contribution in [3.8, 4) is 11.5 Å². The van der Waals surface area contributed by atoms with Gasteiger partial charge in [0, 0.05) is 12.5 Å². The van der Waals surface area contributed by atoms with E-state index < -0.39 is 5.97 Å². The van der Waals surface area contributed by atoms with Crippen molar-refractivity contribution < 1.29 is 24.2 Å². The van der Waals surface area contributed by atoms with Gasteiger partial charge in [-0.3, -0.25) is 9.59 Å². The van der Waals surface area contributed by atoms with E-state index in [0.717, 1.165) is 5.56 Å². The summed E-state index contributed by atoms with van der Waals surface area (Å²) in [5.74, 6) is 0.157. The van der Waals surface area contributed by atoms with E-state index in [1.807, 2.05) is 18.2 Å². The number of rotatable bonds is 7. The van der Waals surface area contributed by atoms with Crippen LogP contribution in [0, 0.1) is 5.92 Å². The van der Waals surface area contributed by atoms with Crippen LogP contribution in [-0.2, 0) is 16.0 Å². The summed E-state index contributed by atoms with van der Waals surface area (Å²) in [5, 5.41) is 11.7. The molecular formula is C16H21NO5. The average molecular weight is 307 g/mol. The smallest absolute Gasteiger partial charge is 0.306 e. The van der Waals surface area contributed by atoms with Crippen LogP contribution in [0.4, 0.5) is 0 Å². The van der Waals surface area contributed by atoms with Crippen LogP contribution in [0.1, 0.15) is 24.8 Å². The summed E-state index contributed by atoms with van der Waals surface area (Å²) in [6.07, 6.45) is 2.01. The van der Waals surface area contributed by atoms with Crippen LogP contribution in [0.5, 0.6) is 11.5 Å². The van der Waals surface area contributed by atoms with Crippen LogP contribution in [-0.4, -0.2) is 37.2 Å². The van der Waals surface area contributed by atoms with Gasteiger partial charge in [0.05, 0.1) is 20.1 Å². The van der Waals surface area contributed by atoms with Crippen LogP contribution in [0.2, 0.25) is 0 Å². The highest BCUT2D eigenvalue weighted by atomic mass is 16.5. The van der Waals surface area contributed by atoms with Crippen LogP contribution < -0.4 is 14.8 Å². The molecule has 0 aromatic heterocycles. The van der Waals surface area contributed by atoms with Gasteiger partial charge in [-0.25, -0.2) is 0 Å². The second kappa shape index (κ2) is 7.15. The van der Waals surface area contributed by atoms with Crippen molar-refractivity contribution in [3.63, 3.8) is 0 Å². The van der Waals surface area contributed by atoms with Crippen molar-refractivity contribution >= 4 is 11.9 Å². The Hall–Kier alpha value is -2.24. The molecule has 1 saturated carbocycles. The number of nitrogens with one attached hydrogen (secondary N) is 1. The lowest BCUT2D eigenvalue weighted by Gasteiger charge is -2.32. The predicted octanol–water partition coefficient (Wildman–Crippen LogP) is 1.62. The highest BCUT2D eigenvalue weighted by molar-refractivity contribution is 5.77. The molecule has 0 atom stereocenters. The molecule has 6 nitrogen and oxygen atoms in total. The lowest BCUT2D eigenvalue weighted by Crippen LogP contribution is -2.46. The van der Waals surface area contributed by atoms with Gasteiger partial charge >= 0.3 is 5.97 Å². The van der Waals surface area contributed by atoms with Crippen LogP contribution in [0.25, 0.3) is 0 Å². The molecule has 22 heavy (non-hydrogen) atoms. The third kappa shape index (κ3) is 3.90. The Morgan fingerprint density at radius 3 is 2.50 bits per heavy atom. The molecule has 0 aliphatic heterocycles. The highest BCUT2D eigenvalue weighted by Gasteiger charge is 2.35. The van der Waals surface area contributed by atoms with Gasteiger partial charge in [-0.05, 0) is 37.0 Å². The largest absolute Gasteiger partial charge is 0.493 e. The number of aryl methyl sites for hydroxylation is 1. The molecule has 0 saturated heterocycles. The first kappa shape index (κ1) is 16.1. The molecule has 1 amide bonds. The number of benzene rings is 1. The Balaban J connectivity index is 1.78. The second-order valence-electron chi connectivity index (χ2n) is 5.46. The summed E-state index contributed by atoms with van der Waals surface area (Å²) < 4.78 is 10.4. The summed E-state index contributed by atoms with van der Waals surface area (Å²) in [6.45, 7) is 0. The topological polar surface area (TPSA) is 84.9 Å². The first-order valence-corrected chi connectivity index (χ1v) is 7.26. The summed E-state index contributed by atoms with van der Waals surface area (Å²) in [6, 6.07) is 5.57. The fourth-order valence-electron chi connectivity index (χ4n) is 2.53. The molecule has 1 aliphatic carbocycles. The second-order valence-corrected chi connectivity index (χ2v) is 5.46. The fraction of sp³-hybridized carbons (Fsp3) is 0.500.